The minimum Gasteiger partial charge on any atom is -0.454 e. The molecule has 0 amide bonds. The van der Waals surface area contributed by atoms with E-state index in [1.807, 2.05) is 0 Å². The van der Waals surface area contributed by atoms with Crippen molar-refractivity contribution in [2.45, 2.75) is 82.6 Å². The van der Waals surface area contributed by atoms with Gasteiger partial charge in [0.25, 0.3) is 6.10 Å². The van der Waals surface area contributed by atoms with Crippen LogP contribution < -0.4 is 0 Å². The maximum absolute atomic E-state index is 12.7. The fourth-order valence-electron chi connectivity index (χ4n) is 4.10. The van der Waals surface area contributed by atoms with Crippen LogP contribution in [0.15, 0.2) is 24.3 Å². The molecule has 232 valence electrons. The van der Waals surface area contributed by atoms with Gasteiger partial charge in [0.05, 0.1) is 11.0 Å². The quantitative estimate of drug-likeness (QED) is 0.243. The average molecular weight is 614 g/mol. The number of halogens is 6. The van der Waals surface area contributed by atoms with E-state index in [9.17, 15) is 45.5 Å². The molecule has 1 aromatic rings. The van der Waals surface area contributed by atoms with Gasteiger partial charge in [-0.3, -0.25) is 4.79 Å². The summed E-state index contributed by atoms with van der Waals surface area (Å²) in [5.41, 5.74) is -1.25. The van der Waals surface area contributed by atoms with Gasteiger partial charge in [-0.25, -0.2) is 14.4 Å². The SMILES string of the molecule is CCC(C)(C)C(=O)OCC(=O)OC1C(=O)OC2C3OC(c4ccc(C(=O)OC(C(F)(F)F)C(F)(F)F)cc4)OC3OC12. The van der Waals surface area contributed by atoms with Gasteiger partial charge in [0.15, 0.2) is 31.4 Å². The van der Waals surface area contributed by atoms with Crippen molar-refractivity contribution in [1.82, 2.24) is 0 Å². The van der Waals surface area contributed by atoms with Crippen molar-refractivity contribution in [3.8, 4) is 0 Å². The molecule has 0 radical (unpaired) electrons. The second kappa shape index (κ2) is 11.3. The van der Waals surface area contributed by atoms with Crippen LogP contribution in [-0.4, -0.2) is 79.6 Å². The number of hydrogen-bond acceptors (Lipinski definition) is 11. The molecule has 1 aromatic carbocycles. The molecule has 0 N–H and O–H groups in total. The summed E-state index contributed by atoms with van der Waals surface area (Å²) in [7, 11) is 0. The number of rotatable bonds is 8. The number of esters is 4. The number of hydrogen-bond donors (Lipinski definition) is 0. The molecular formula is C25H24F6O11. The van der Waals surface area contributed by atoms with E-state index >= 15 is 0 Å². The number of carbonyl (C=O) groups excluding carboxylic acids is 4. The van der Waals surface area contributed by atoms with Gasteiger partial charge < -0.3 is 33.2 Å². The summed E-state index contributed by atoms with van der Waals surface area (Å²) in [6, 6.07) is 4.10. The standard InChI is InChI=1S/C25H24F6O11/c1-4-23(2,3)22(35)36-9-12(32)37-15-13-14(38-18(15)34)16-20(39-13)42-19(40-16)11-7-5-10(6-8-11)17(33)41-21(24(26,27)28)25(29,30)31/h5-8,13-16,19-21H,4,9H2,1-3H3. The third-order valence-electron chi connectivity index (χ3n) is 6.78. The first kappa shape index (κ1) is 31.5. The Balaban J connectivity index is 1.33. The zero-order chi connectivity index (χ0) is 31.2. The summed E-state index contributed by atoms with van der Waals surface area (Å²) >= 11 is 0. The van der Waals surface area contributed by atoms with Crippen molar-refractivity contribution in [3.63, 3.8) is 0 Å². The van der Waals surface area contributed by atoms with Crippen molar-refractivity contribution in [2.75, 3.05) is 6.61 Å². The summed E-state index contributed by atoms with van der Waals surface area (Å²) in [6.45, 7) is 4.28. The molecule has 0 aliphatic carbocycles. The molecular weight excluding hydrogens is 590 g/mol. The third kappa shape index (κ3) is 6.47. The first-order chi connectivity index (χ1) is 19.4. The van der Waals surface area contributed by atoms with Gasteiger partial charge in [-0.15, -0.1) is 0 Å². The van der Waals surface area contributed by atoms with Crippen LogP contribution in [0.25, 0.3) is 0 Å². The summed E-state index contributed by atoms with van der Waals surface area (Å²) in [5, 5.41) is 0. The largest absolute Gasteiger partial charge is 0.454 e. The number of alkyl halides is 6. The van der Waals surface area contributed by atoms with Crippen LogP contribution in [0, 0.1) is 5.41 Å². The fourth-order valence-corrected chi connectivity index (χ4v) is 4.10. The van der Waals surface area contributed by atoms with E-state index in [4.69, 9.17) is 28.4 Å². The van der Waals surface area contributed by atoms with Gasteiger partial charge in [0, 0.05) is 5.56 Å². The van der Waals surface area contributed by atoms with E-state index in [1.54, 1.807) is 20.8 Å². The zero-order valence-corrected chi connectivity index (χ0v) is 22.0. The lowest BCUT2D eigenvalue weighted by molar-refractivity contribution is -0.307. The molecule has 0 bridgehead atoms. The third-order valence-corrected chi connectivity index (χ3v) is 6.78. The normalized spacial score (nSPS) is 27.3. The summed E-state index contributed by atoms with van der Waals surface area (Å²) in [5.74, 6) is -4.46. The van der Waals surface area contributed by atoms with E-state index in [0.717, 1.165) is 24.3 Å². The van der Waals surface area contributed by atoms with Crippen LogP contribution in [0.5, 0.6) is 0 Å². The first-order valence-corrected chi connectivity index (χ1v) is 12.4. The molecule has 6 unspecified atom stereocenters. The Kier molecular flexibility index (Phi) is 8.50. The molecule has 4 rings (SSSR count). The van der Waals surface area contributed by atoms with Crippen LogP contribution >= 0.6 is 0 Å². The summed E-state index contributed by atoms with van der Waals surface area (Å²) in [6.07, 6.45) is -22.6. The predicted octanol–water partition coefficient (Wildman–Crippen LogP) is 3.29. The molecule has 0 aromatic heterocycles. The zero-order valence-electron chi connectivity index (χ0n) is 22.0. The maximum Gasteiger partial charge on any atom is 0.434 e. The Hall–Kier alpha value is -3.44. The van der Waals surface area contributed by atoms with Crippen LogP contribution in [0.3, 0.4) is 0 Å². The minimum absolute atomic E-state index is 0.188. The fraction of sp³-hybridized carbons (Fsp3) is 0.600. The minimum atomic E-state index is -5.87. The Morgan fingerprint density at radius 1 is 0.905 bits per heavy atom. The van der Waals surface area contributed by atoms with Crippen LogP contribution in [0.1, 0.15) is 49.4 Å². The van der Waals surface area contributed by atoms with E-state index in [2.05, 4.69) is 4.74 Å². The van der Waals surface area contributed by atoms with Gasteiger partial charge in [-0.2, -0.15) is 26.3 Å². The molecule has 0 spiro atoms. The van der Waals surface area contributed by atoms with Crippen LogP contribution in [0.2, 0.25) is 0 Å². The van der Waals surface area contributed by atoms with E-state index in [-0.39, 0.29) is 5.56 Å². The number of benzene rings is 1. The lowest BCUT2D eigenvalue weighted by Crippen LogP contribution is -2.45. The van der Waals surface area contributed by atoms with Crippen molar-refractivity contribution in [2.24, 2.45) is 5.41 Å². The smallest absolute Gasteiger partial charge is 0.434 e. The molecule has 6 atom stereocenters. The molecule has 3 aliphatic heterocycles. The van der Waals surface area contributed by atoms with E-state index in [1.165, 1.54) is 0 Å². The number of carbonyl (C=O) groups is 4. The topological polar surface area (TPSA) is 133 Å². The Bertz CT molecular complexity index is 1200. The Labute approximate surface area is 233 Å². The highest BCUT2D eigenvalue weighted by Crippen LogP contribution is 2.44. The molecule has 3 aliphatic rings. The molecule has 3 fully saturated rings. The first-order valence-electron chi connectivity index (χ1n) is 12.4. The molecule has 0 saturated carbocycles. The summed E-state index contributed by atoms with van der Waals surface area (Å²) < 4.78 is 112. The predicted molar refractivity (Wildman–Crippen MR) is 120 cm³/mol. The molecule has 42 heavy (non-hydrogen) atoms. The number of ether oxygens (including phenoxy) is 7. The Morgan fingerprint density at radius 2 is 1.52 bits per heavy atom. The second-order valence-electron chi connectivity index (χ2n) is 10.2. The summed E-state index contributed by atoms with van der Waals surface area (Å²) in [4.78, 5) is 48.5. The molecule has 3 saturated heterocycles. The second-order valence-corrected chi connectivity index (χ2v) is 10.2. The number of fused-ring (bicyclic) bond motifs is 3. The lowest BCUT2D eigenvalue weighted by atomic mass is 9.91. The van der Waals surface area contributed by atoms with Crippen LogP contribution in [-0.2, 0) is 47.5 Å². The van der Waals surface area contributed by atoms with Crippen molar-refractivity contribution in [3.05, 3.63) is 35.4 Å². The Morgan fingerprint density at radius 3 is 2.10 bits per heavy atom. The van der Waals surface area contributed by atoms with Gasteiger partial charge in [0.1, 0.15) is 6.10 Å². The average Bonchev–Trinajstić information content (AvgIpc) is 3.55. The highest BCUT2D eigenvalue weighted by atomic mass is 19.4. The molecule has 11 nitrogen and oxygen atoms in total. The van der Waals surface area contributed by atoms with Gasteiger partial charge in [0.2, 0.25) is 6.10 Å². The van der Waals surface area contributed by atoms with E-state index in [0.29, 0.717) is 6.42 Å². The van der Waals surface area contributed by atoms with Crippen molar-refractivity contribution in [1.29, 1.82) is 0 Å². The van der Waals surface area contributed by atoms with Crippen molar-refractivity contribution < 1.29 is 78.7 Å². The highest BCUT2D eigenvalue weighted by Gasteiger charge is 2.63. The highest BCUT2D eigenvalue weighted by molar-refractivity contribution is 5.89. The van der Waals surface area contributed by atoms with E-state index < -0.39 is 96.9 Å². The monoisotopic (exact) mass is 614 g/mol. The molecule has 3 heterocycles. The van der Waals surface area contributed by atoms with Gasteiger partial charge >= 0.3 is 36.2 Å². The van der Waals surface area contributed by atoms with Crippen molar-refractivity contribution >= 4 is 23.9 Å². The van der Waals surface area contributed by atoms with Crippen LogP contribution in [0.4, 0.5) is 26.3 Å². The van der Waals surface area contributed by atoms with Gasteiger partial charge in [-0.1, -0.05) is 19.1 Å². The lowest BCUT2D eigenvalue weighted by Gasteiger charge is -2.22. The van der Waals surface area contributed by atoms with Gasteiger partial charge in [-0.05, 0) is 32.4 Å². The molecule has 17 heteroatoms. The maximum atomic E-state index is 12.7.